The molecule has 0 aliphatic carbocycles. The molecule has 0 bridgehead atoms. The summed E-state index contributed by atoms with van der Waals surface area (Å²) < 4.78 is 18.3. The fourth-order valence-corrected chi connectivity index (χ4v) is 3.68. The minimum absolute atomic E-state index is 0.473. The van der Waals surface area contributed by atoms with Crippen molar-refractivity contribution >= 4 is 42.7 Å². The summed E-state index contributed by atoms with van der Waals surface area (Å²) in [7, 11) is -0.587. The van der Waals surface area contributed by atoms with E-state index in [2.05, 4.69) is 37.2 Å². The number of nitrogens with one attached hydrogen (secondary N) is 1. The van der Waals surface area contributed by atoms with E-state index in [1.807, 2.05) is 6.07 Å². The molecule has 0 saturated carbocycles. The zero-order valence-corrected chi connectivity index (χ0v) is 12.7. The largest absolute Gasteiger partial charge is 0.452 e. The van der Waals surface area contributed by atoms with Gasteiger partial charge in [-0.3, -0.25) is 4.21 Å². The van der Waals surface area contributed by atoms with Gasteiger partial charge in [0, 0.05) is 28.3 Å². The van der Waals surface area contributed by atoms with Gasteiger partial charge in [-0.15, -0.1) is 0 Å². The van der Waals surface area contributed by atoms with Gasteiger partial charge < -0.3 is 9.73 Å². The number of hydrogen-bond acceptors (Lipinski definition) is 3. The molecule has 3 nitrogen and oxygen atoms in total. The summed E-state index contributed by atoms with van der Waals surface area (Å²) in [6.07, 6.45) is 1.99. The second-order valence-corrected chi connectivity index (χ2v) is 7.11. The first-order valence-electron chi connectivity index (χ1n) is 5.17. The van der Waals surface area contributed by atoms with Crippen LogP contribution in [-0.4, -0.2) is 21.8 Å². The van der Waals surface area contributed by atoms with Crippen molar-refractivity contribution in [3.63, 3.8) is 0 Å². The van der Waals surface area contributed by atoms with Gasteiger partial charge in [-0.1, -0.05) is 0 Å². The van der Waals surface area contributed by atoms with Gasteiger partial charge >= 0.3 is 0 Å². The molecular weight excluding hydrogens is 358 g/mol. The van der Waals surface area contributed by atoms with Crippen molar-refractivity contribution in [3.05, 3.63) is 21.0 Å². The lowest BCUT2D eigenvalue weighted by Crippen LogP contribution is -2.35. The fourth-order valence-electron chi connectivity index (χ4n) is 1.72. The minimum Gasteiger partial charge on any atom is -0.452 e. The fraction of sp³-hybridized carbons (Fsp3) is 0.600. The monoisotopic (exact) mass is 369 g/mol. The lowest BCUT2D eigenvalue weighted by Gasteiger charge is -2.21. The molecule has 2 heterocycles. The van der Waals surface area contributed by atoms with E-state index in [0.717, 1.165) is 45.8 Å². The van der Waals surface area contributed by atoms with Crippen LogP contribution in [-0.2, 0) is 17.3 Å². The van der Waals surface area contributed by atoms with Crippen LogP contribution >= 0.6 is 31.9 Å². The zero-order valence-electron chi connectivity index (χ0n) is 8.67. The van der Waals surface area contributed by atoms with Crippen molar-refractivity contribution in [1.82, 2.24) is 5.32 Å². The Hall–Kier alpha value is 0.350. The van der Waals surface area contributed by atoms with Crippen LogP contribution in [0.1, 0.15) is 18.6 Å². The summed E-state index contributed by atoms with van der Waals surface area (Å²) >= 11 is 6.69. The van der Waals surface area contributed by atoms with E-state index in [9.17, 15) is 4.21 Å². The Morgan fingerprint density at radius 1 is 1.44 bits per heavy atom. The zero-order chi connectivity index (χ0) is 11.5. The van der Waals surface area contributed by atoms with E-state index in [0.29, 0.717) is 6.04 Å². The van der Waals surface area contributed by atoms with Gasteiger partial charge in [0.1, 0.15) is 5.76 Å². The van der Waals surface area contributed by atoms with Gasteiger partial charge in [0.25, 0.3) is 0 Å². The van der Waals surface area contributed by atoms with Gasteiger partial charge in [-0.05, 0) is 50.8 Å². The highest BCUT2D eigenvalue weighted by atomic mass is 79.9. The number of hydrogen-bond donors (Lipinski definition) is 1. The molecule has 0 amide bonds. The van der Waals surface area contributed by atoms with Crippen molar-refractivity contribution < 1.29 is 8.63 Å². The van der Waals surface area contributed by atoms with Crippen molar-refractivity contribution in [1.29, 1.82) is 0 Å². The molecule has 2 rings (SSSR count). The van der Waals surface area contributed by atoms with Crippen molar-refractivity contribution in [2.24, 2.45) is 0 Å². The molecule has 1 aliphatic rings. The molecular formula is C10H13Br2NO2S. The molecule has 1 fully saturated rings. The van der Waals surface area contributed by atoms with Crippen molar-refractivity contribution in [3.8, 4) is 0 Å². The average molecular weight is 371 g/mol. The van der Waals surface area contributed by atoms with Gasteiger partial charge in [0.05, 0.1) is 11.0 Å². The second kappa shape index (κ2) is 5.80. The highest BCUT2D eigenvalue weighted by Gasteiger charge is 2.17. The maximum Gasteiger partial charge on any atom is 0.183 e. The summed E-state index contributed by atoms with van der Waals surface area (Å²) in [6.45, 7) is 0.724. The van der Waals surface area contributed by atoms with Crippen LogP contribution < -0.4 is 5.32 Å². The molecule has 0 radical (unpaired) electrons. The topological polar surface area (TPSA) is 42.2 Å². The predicted octanol–water partition coefficient (Wildman–Crippen LogP) is 2.81. The van der Waals surface area contributed by atoms with Gasteiger partial charge in [0.15, 0.2) is 4.67 Å². The lowest BCUT2D eigenvalue weighted by atomic mass is 10.1. The highest BCUT2D eigenvalue weighted by Crippen LogP contribution is 2.26. The Labute approximate surface area is 114 Å². The van der Waals surface area contributed by atoms with Crippen molar-refractivity contribution in [2.45, 2.75) is 25.4 Å². The summed E-state index contributed by atoms with van der Waals surface area (Å²) in [6, 6.07) is 2.43. The third kappa shape index (κ3) is 3.42. The molecule has 90 valence electrons. The number of furan rings is 1. The van der Waals surface area contributed by atoms with Crippen LogP contribution in [0.15, 0.2) is 19.6 Å². The lowest BCUT2D eigenvalue weighted by molar-refractivity contribution is 0.417. The van der Waals surface area contributed by atoms with Gasteiger partial charge in [0.2, 0.25) is 0 Å². The second-order valence-electron chi connectivity index (χ2n) is 3.84. The van der Waals surface area contributed by atoms with Gasteiger partial charge in [-0.25, -0.2) is 0 Å². The first kappa shape index (κ1) is 12.8. The molecule has 0 unspecified atom stereocenters. The molecule has 1 aromatic rings. The van der Waals surface area contributed by atoms with E-state index in [4.69, 9.17) is 4.42 Å². The van der Waals surface area contributed by atoms with Crippen LogP contribution in [0.3, 0.4) is 0 Å². The highest BCUT2D eigenvalue weighted by molar-refractivity contribution is 9.13. The van der Waals surface area contributed by atoms with E-state index < -0.39 is 10.8 Å². The number of halogens is 2. The molecule has 1 aliphatic heterocycles. The molecule has 1 saturated heterocycles. The summed E-state index contributed by atoms with van der Waals surface area (Å²) in [5.41, 5.74) is 0. The Balaban J connectivity index is 1.81. The smallest absolute Gasteiger partial charge is 0.183 e. The maximum absolute atomic E-state index is 11.2. The first-order valence-corrected chi connectivity index (χ1v) is 8.24. The molecule has 16 heavy (non-hydrogen) atoms. The Morgan fingerprint density at radius 2 is 2.12 bits per heavy atom. The Kier molecular flexibility index (Phi) is 4.64. The van der Waals surface area contributed by atoms with E-state index in [1.54, 1.807) is 0 Å². The number of rotatable bonds is 3. The van der Waals surface area contributed by atoms with Gasteiger partial charge in [-0.2, -0.15) is 0 Å². The van der Waals surface area contributed by atoms with Crippen LogP contribution in [0.5, 0.6) is 0 Å². The minimum atomic E-state index is -0.587. The Morgan fingerprint density at radius 3 is 2.69 bits per heavy atom. The third-order valence-electron chi connectivity index (χ3n) is 2.65. The third-order valence-corrected chi connectivity index (χ3v) is 5.74. The molecule has 1 aromatic heterocycles. The summed E-state index contributed by atoms with van der Waals surface area (Å²) in [4.78, 5) is 0. The van der Waals surface area contributed by atoms with Crippen LogP contribution in [0.25, 0.3) is 0 Å². The quantitative estimate of drug-likeness (QED) is 0.889. The van der Waals surface area contributed by atoms with E-state index in [1.165, 1.54) is 0 Å². The normalized spacial score (nSPS) is 25.9. The molecule has 0 spiro atoms. The summed E-state index contributed by atoms with van der Waals surface area (Å²) in [5, 5.41) is 3.43. The molecule has 6 heteroatoms. The summed E-state index contributed by atoms with van der Waals surface area (Å²) in [5.74, 6) is 2.55. The molecule has 1 N–H and O–H groups in total. The van der Waals surface area contributed by atoms with Crippen LogP contribution in [0.4, 0.5) is 0 Å². The standard InChI is InChI=1S/C10H13Br2NO2S/c11-9-5-8(15-10(9)12)6-13-7-1-3-16(14)4-2-7/h5,7,13H,1-4,6H2. The average Bonchev–Trinajstić information content (AvgIpc) is 2.58. The maximum atomic E-state index is 11.2. The Bertz CT molecular complexity index is 365. The SMILES string of the molecule is O=S1CCC(NCc2cc(Br)c(Br)o2)CC1. The van der Waals surface area contributed by atoms with Crippen LogP contribution in [0, 0.1) is 0 Å². The van der Waals surface area contributed by atoms with Crippen LogP contribution in [0.2, 0.25) is 0 Å². The van der Waals surface area contributed by atoms with E-state index in [-0.39, 0.29) is 0 Å². The molecule has 0 atom stereocenters. The van der Waals surface area contributed by atoms with Crippen molar-refractivity contribution in [2.75, 3.05) is 11.5 Å². The van der Waals surface area contributed by atoms with E-state index >= 15 is 0 Å². The predicted molar refractivity (Wildman–Crippen MR) is 71.8 cm³/mol. The first-order chi connectivity index (χ1) is 7.65. The molecule has 0 aromatic carbocycles.